The molecule has 4 nitrogen and oxygen atoms in total. The van der Waals surface area contributed by atoms with Gasteiger partial charge in [-0.1, -0.05) is 42.5 Å². The molecule has 2 aromatic rings. The van der Waals surface area contributed by atoms with Gasteiger partial charge in [0.15, 0.2) is 0 Å². The molecule has 0 atom stereocenters. The number of nitrogens with two attached hydrogens (primary N) is 1. The lowest BCUT2D eigenvalue weighted by Gasteiger charge is -2.11. The van der Waals surface area contributed by atoms with E-state index in [0.29, 0.717) is 5.96 Å². The normalized spacial score (nSPS) is 11.5. The van der Waals surface area contributed by atoms with Gasteiger partial charge in [0.2, 0.25) is 5.96 Å². The van der Waals surface area contributed by atoms with Crippen molar-refractivity contribution in [2.24, 2.45) is 10.8 Å². The molecule has 0 aliphatic rings. The highest BCUT2D eigenvalue weighted by Gasteiger charge is 2.01. The largest absolute Gasteiger partial charge is 0.325 e. The predicted molar refractivity (Wildman–Crippen MR) is 85.4 cm³/mol. The molecule has 0 heterocycles. The maximum atomic E-state index is 5.45. The fraction of sp³-hybridized carbons (Fsp3) is 0.188. The quantitative estimate of drug-likeness (QED) is 0.347. The maximum absolute atomic E-state index is 5.45. The molecule has 2 aromatic carbocycles. The van der Waals surface area contributed by atoms with Crippen molar-refractivity contribution in [3.05, 3.63) is 54.6 Å². The van der Waals surface area contributed by atoms with Gasteiger partial charge in [-0.25, -0.2) is 10.8 Å². The second-order valence-electron chi connectivity index (χ2n) is 4.78. The first kappa shape index (κ1) is 14.1. The van der Waals surface area contributed by atoms with E-state index >= 15 is 0 Å². The first-order valence-electron chi connectivity index (χ1n) is 6.66. The van der Waals surface area contributed by atoms with E-state index in [1.165, 1.54) is 11.1 Å². The summed E-state index contributed by atoms with van der Waals surface area (Å²) in [7, 11) is 0. The fourth-order valence-corrected chi connectivity index (χ4v) is 1.88. The molecule has 20 heavy (non-hydrogen) atoms. The first-order valence-corrected chi connectivity index (χ1v) is 6.66. The molecule has 0 aliphatic heterocycles. The number of nitrogens with zero attached hydrogens (tertiary/aromatic N) is 1. The van der Waals surface area contributed by atoms with E-state index in [2.05, 4.69) is 40.0 Å². The number of hydrogen-bond donors (Lipinski definition) is 3. The van der Waals surface area contributed by atoms with Crippen molar-refractivity contribution in [3.8, 4) is 11.1 Å². The summed E-state index contributed by atoms with van der Waals surface area (Å²) in [6, 6.07) is 18.6. The van der Waals surface area contributed by atoms with Gasteiger partial charge < -0.3 is 5.32 Å². The molecule has 0 saturated carbocycles. The number of hydrogen-bond acceptors (Lipinski definition) is 2. The van der Waals surface area contributed by atoms with E-state index in [0.717, 1.165) is 5.69 Å². The average Bonchev–Trinajstić information content (AvgIpc) is 2.48. The third-order valence-corrected chi connectivity index (χ3v) is 2.78. The Labute approximate surface area is 119 Å². The van der Waals surface area contributed by atoms with Crippen LogP contribution >= 0.6 is 0 Å². The number of nitrogens with one attached hydrogen (secondary N) is 2. The van der Waals surface area contributed by atoms with E-state index in [9.17, 15) is 0 Å². The Hall–Kier alpha value is -2.33. The summed E-state index contributed by atoms with van der Waals surface area (Å²) in [4.78, 5) is 4.34. The van der Waals surface area contributed by atoms with Gasteiger partial charge in [-0.2, -0.15) is 0 Å². The third-order valence-electron chi connectivity index (χ3n) is 2.78. The Balaban J connectivity index is 2.13. The third kappa shape index (κ3) is 3.83. The molecule has 0 saturated heterocycles. The molecule has 0 fully saturated rings. The van der Waals surface area contributed by atoms with E-state index < -0.39 is 0 Å². The van der Waals surface area contributed by atoms with Gasteiger partial charge in [-0.15, -0.1) is 0 Å². The van der Waals surface area contributed by atoms with E-state index in [1.807, 2.05) is 44.2 Å². The van der Waals surface area contributed by atoms with Crippen LogP contribution in [0, 0.1) is 0 Å². The first-order chi connectivity index (χ1) is 9.69. The van der Waals surface area contributed by atoms with Crippen molar-refractivity contribution < 1.29 is 0 Å². The van der Waals surface area contributed by atoms with Gasteiger partial charge in [0.25, 0.3) is 0 Å². The van der Waals surface area contributed by atoms with Crippen LogP contribution in [0.15, 0.2) is 59.6 Å². The molecule has 0 amide bonds. The molecule has 0 radical (unpaired) electrons. The van der Waals surface area contributed by atoms with Gasteiger partial charge >= 0.3 is 0 Å². The summed E-state index contributed by atoms with van der Waals surface area (Å²) in [5, 5.41) is 3.15. The topological polar surface area (TPSA) is 62.4 Å². The number of rotatable bonds is 3. The molecule has 0 unspecified atom stereocenters. The minimum atomic E-state index is 0.178. The van der Waals surface area contributed by atoms with Crippen molar-refractivity contribution in [1.29, 1.82) is 0 Å². The van der Waals surface area contributed by atoms with E-state index in [1.54, 1.807) is 0 Å². The lowest BCUT2D eigenvalue weighted by atomic mass is 10.1. The van der Waals surface area contributed by atoms with Crippen LogP contribution in [0.5, 0.6) is 0 Å². The van der Waals surface area contributed by atoms with Gasteiger partial charge in [0.05, 0.1) is 0 Å². The van der Waals surface area contributed by atoms with E-state index in [-0.39, 0.29) is 6.04 Å². The van der Waals surface area contributed by atoms with Crippen LogP contribution in [0.2, 0.25) is 0 Å². The summed E-state index contributed by atoms with van der Waals surface area (Å²) in [6.07, 6.45) is 0. The Morgan fingerprint density at radius 3 is 2.10 bits per heavy atom. The van der Waals surface area contributed by atoms with Gasteiger partial charge in [-0.05, 0) is 37.1 Å². The number of anilines is 1. The summed E-state index contributed by atoms with van der Waals surface area (Å²) in [5.74, 6) is 6.01. The highest BCUT2D eigenvalue weighted by molar-refractivity contribution is 5.93. The highest BCUT2D eigenvalue weighted by Crippen LogP contribution is 2.20. The zero-order chi connectivity index (χ0) is 14.4. The number of aliphatic imine (C=N–C) groups is 1. The standard InChI is InChI=1S/C16H20N4/c1-12(2)18-16(20-17)19-15-10-8-14(9-11-15)13-6-4-3-5-7-13/h3-12H,17H2,1-2H3,(H2,18,19,20). The maximum Gasteiger partial charge on any atom is 0.210 e. The van der Waals surface area contributed by atoms with Crippen LogP contribution in [0.3, 0.4) is 0 Å². The van der Waals surface area contributed by atoms with E-state index in [4.69, 9.17) is 5.84 Å². The van der Waals surface area contributed by atoms with Crippen molar-refractivity contribution in [2.45, 2.75) is 19.9 Å². The van der Waals surface area contributed by atoms with Crippen LogP contribution < -0.4 is 16.6 Å². The van der Waals surface area contributed by atoms with Gasteiger partial charge in [-0.3, -0.25) is 5.43 Å². The fourth-order valence-electron chi connectivity index (χ4n) is 1.88. The average molecular weight is 268 g/mol. The van der Waals surface area contributed by atoms with Crippen molar-refractivity contribution in [3.63, 3.8) is 0 Å². The molecule has 0 aliphatic carbocycles. The van der Waals surface area contributed by atoms with Crippen molar-refractivity contribution in [1.82, 2.24) is 5.43 Å². The second kappa shape index (κ2) is 6.73. The molecule has 0 bridgehead atoms. The summed E-state index contributed by atoms with van der Waals surface area (Å²) in [5.41, 5.74) is 5.89. The number of benzene rings is 2. The molecule has 4 N–H and O–H groups in total. The van der Waals surface area contributed by atoms with Crippen LogP contribution in [-0.4, -0.2) is 12.0 Å². The van der Waals surface area contributed by atoms with Gasteiger partial charge in [0.1, 0.15) is 0 Å². The van der Waals surface area contributed by atoms with Gasteiger partial charge in [0, 0.05) is 11.7 Å². The highest BCUT2D eigenvalue weighted by atomic mass is 15.3. The smallest absolute Gasteiger partial charge is 0.210 e. The lowest BCUT2D eigenvalue weighted by molar-refractivity contribution is 0.819. The van der Waals surface area contributed by atoms with Crippen LogP contribution in [-0.2, 0) is 0 Å². The summed E-state index contributed by atoms with van der Waals surface area (Å²) in [6.45, 7) is 4.00. The van der Waals surface area contributed by atoms with Crippen molar-refractivity contribution in [2.75, 3.05) is 5.32 Å². The summed E-state index contributed by atoms with van der Waals surface area (Å²) < 4.78 is 0. The molecular formula is C16H20N4. The minimum absolute atomic E-state index is 0.178. The van der Waals surface area contributed by atoms with Crippen LogP contribution in [0.1, 0.15) is 13.8 Å². The monoisotopic (exact) mass is 268 g/mol. The Morgan fingerprint density at radius 1 is 0.950 bits per heavy atom. The predicted octanol–water partition coefficient (Wildman–Crippen LogP) is 2.99. The summed E-state index contributed by atoms with van der Waals surface area (Å²) >= 11 is 0. The van der Waals surface area contributed by atoms with Crippen LogP contribution in [0.4, 0.5) is 5.69 Å². The molecule has 2 rings (SSSR count). The molecule has 0 spiro atoms. The zero-order valence-electron chi connectivity index (χ0n) is 11.8. The number of hydrazine groups is 1. The SMILES string of the molecule is CC(C)N=C(NN)Nc1ccc(-c2ccccc2)cc1. The zero-order valence-corrected chi connectivity index (χ0v) is 11.8. The Bertz CT molecular complexity index is 559. The lowest BCUT2D eigenvalue weighted by Crippen LogP contribution is -2.36. The number of guanidine groups is 1. The Kier molecular flexibility index (Phi) is 4.74. The molecule has 104 valence electrons. The van der Waals surface area contributed by atoms with Crippen LogP contribution in [0.25, 0.3) is 11.1 Å². The molecule has 0 aromatic heterocycles. The van der Waals surface area contributed by atoms with Crippen molar-refractivity contribution >= 4 is 11.6 Å². The second-order valence-corrected chi connectivity index (χ2v) is 4.78. The molecule has 4 heteroatoms. The Morgan fingerprint density at radius 2 is 1.55 bits per heavy atom. The minimum Gasteiger partial charge on any atom is -0.325 e. The molecular weight excluding hydrogens is 248 g/mol.